The average Bonchev–Trinajstić information content (AvgIpc) is 2.46. The first-order chi connectivity index (χ1) is 10.8. The molecule has 0 aliphatic heterocycles. The van der Waals surface area contributed by atoms with Gasteiger partial charge in [0.25, 0.3) is 0 Å². The van der Waals surface area contributed by atoms with Crippen molar-refractivity contribution in [1.29, 1.82) is 0 Å². The lowest BCUT2D eigenvalue weighted by atomic mass is 9.91. The van der Waals surface area contributed by atoms with E-state index in [2.05, 4.69) is 32.2 Å². The van der Waals surface area contributed by atoms with Gasteiger partial charge in [-0.3, -0.25) is 0 Å². The zero-order valence-electron chi connectivity index (χ0n) is 16.1. The lowest BCUT2D eigenvalue weighted by Gasteiger charge is -2.15. The van der Waals surface area contributed by atoms with Gasteiger partial charge in [-0.15, -0.1) is 0 Å². The Hall–Kier alpha value is -0.360. The summed E-state index contributed by atoms with van der Waals surface area (Å²) >= 11 is 0. The van der Waals surface area contributed by atoms with Crippen molar-refractivity contribution in [3.8, 4) is 0 Å². The van der Waals surface area contributed by atoms with E-state index in [1.807, 2.05) is 16.4 Å². The molecule has 0 saturated heterocycles. The monoisotopic (exact) mass is 342 g/mol. The molecule has 0 amide bonds. The third kappa shape index (κ3) is 14.9. The van der Waals surface area contributed by atoms with Crippen molar-refractivity contribution >= 4 is 15.4 Å². The highest BCUT2D eigenvalue weighted by Crippen LogP contribution is 2.22. The van der Waals surface area contributed by atoms with Gasteiger partial charge in [-0.2, -0.15) is 0 Å². The molecule has 2 nitrogen and oxygen atoms in total. The van der Waals surface area contributed by atoms with Crippen LogP contribution in [0.2, 0.25) is 0 Å². The van der Waals surface area contributed by atoms with Crippen molar-refractivity contribution in [1.82, 2.24) is 0 Å². The molecule has 0 rings (SSSR count). The van der Waals surface area contributed by atoms with Crippen LogP contribution in [-0.4, -0.2) is 5.97 Å². The maximum atomic E-state index is 11.1. The van der Waals surface area contributed by atoms with Gasteiger partial charge in [-0.25, -0.2) is 4.79 Å². The topological polar surface area (TPSA) is 26.3 Å². The van der Waals surface area contributed by atoms with E-state index in [4.69, 9.17) is 0 Å². The third-order valence-corrected chi connectivity index (χ3v) is 4.85. The fourth-order valence-electron chi connectivity index (χ4n) is 3.01. The van der Waals surface area contributed by atoms with Crippen molar-refractivity contribution in [3.05, 3.63) is 11.6 Å². The zero-order valence-corrected chi connectivity index (χ0v) is 17.2. The summed E-state index contributed by atoms with van der Waals surface area (Å²) in [6.07, 6.45) is 13.2. The van der Waals surface area contributed by atoms with Crippen LogP contribution in [0.1, 0.15) is 92.4 Å². The minimum absolute atomic E-state index is 0.271. The Morgan fingerprint density at radius 2 is 1.39 bits per heavy atom. The molecule has 0 aromatic carbocycles. The summed E-state index contributed by atoms with van der Waals surface area (Å²) in [6.45, 7) is 11.4. The van der Waals surface area contributed by atoms with Crippen molar-refractivity contribution in [2.24, 2.45) is 17.8 Å². The predicted octanol–water partition coefficient (Wildman–Crippen LogP) is 6.71. The Morgan fingerprint density at radius 1 is 0.913 bits per heavy atom. The third-order valence-electron chi connectivity index (χ3n) is 4.62. The SMILES string of the molecule is C/C(=C\C(=O)OP)CCC[C@H](C)CCC[C@H](C)CCCC(C)C. The van der Waals surface area contributed by atoms with E-state index in [0.29, 0.717) is 0 Å². The molecule has 0 aromatic heterocycles. The van der Waals surface area contributed by atoms with Crippen LogP contribution in [0.15, 0.2) is 11.6 Å². The van der Waals surface area contributed by atoms with Gasteiger partial charge in [-0.05, 0) is 37.5 Å². The highest BCUT2D eigenvalue weighted by Gasteiger charge is 2.07. The second-order valence-electron chi connectivity index (χ2n) is 7.79. The Bertz CT molecular complexity index is 337. The molecule has 23 heavy (non-hydrogen) atoms. The molecule has 0 heterocycles. The molecule has 0 saturated carbocycles. The van der Waals surface area contributed by atoms with E-state index in [0.717, 1.165) is 36.2 Å². The van der Waals surface area contributed by atoms with Crippen molar-refractivity contribution < 1.29 is 9.32 Å². The Balaban J connectivity index is 3.65. The van der Waals surface area contributed by atoms with Gasteiger partial charge < -0.3 is 4.52 Å². The van der Waals surface area contributed by atoms with Crippen molar-refractivity contribution in [3.63, 3.8) is 0 Å². The largest absolute Gasteiger partial charge is 0.448 e. The van der Waals surface area contributed by atoms with Gasteiger partial charge in [0.2, 0.25) is 0 Å². The van der Waals surface area contributed by atoms with Crippen LogP contribution in [-0.2, 0) is 9.32 Å². The molecular weight excluding hydrogens is 303 g/mol. The minimum Gasteiger partial charge on any atom is -0.448 e. The van der Waals surface area contributed by atoms with Gasteiger partial charge >= 0.3 is 5.97 Å². The predicted molar refractivity (Wildman–Crippen MR) is 104 cm³/mol. The van der Waals surface area contributed by atoms with Crippen LogP contribution in [0.4, 0.5) is 0 Å². The summed E-state index contributed by atoms with van der Waals surface area (Å²) in [5.41, 5.74) is 1.11. The second-order valence-corrected chi connectivity index (χ2v) is 8.02. The molecule has 0 aromatic rings. The number of carbonyl (C=O) groups is 1. The quantitative estimate of drug-likeness (QED) is 0.275. The van der Waals surface area contributed by atoms with E-state index >= 15 is 0 Å². The molecule has 0 radical (unpaired) electrons. The smallest absolute Gasteiger partial charge is 0.332 e. The molecule has 0 aliphatic rings. The highest BCUT2D eigenvalue weighted by molar-refractivity contribution is 7.10. The van der Waals surface area contributed by atoms with E-state index in [9.17, 15) is 4.79 Å². The standard InChI is InChI=1S/C20H39O2P/c1-16(2)9-6-10-17(3)11-7-12-18(4)13-8-14-19(5)15-20(21)22-23/h15-18H,6-14,23H2,1-5H3/b19-15+/t17-,18-/m1/s1. The minimum atomic E-state index is -0.271. The fraction of sp³-hybridized carbons (Fsp3) is 0.850. The molecule has 0 aliphatic carbocycles. The summed E-state index contributed by atoms with van der Waals surface area (Å²) in [6, 6.07) is 0. The number of rotatable bonds is 13. The van der Waals surface area contributed by atoms with Crippen LogP contribution in [0.25, 0.3) is 0 Å². The Morgan fingerprint density at radius 3 is 1.87 bits per heavy atom. The molecule has 0 N–H and O–H groups in total. The first-order valence-corrected chi connectivity index (χ1v) is 9.90. The maximum Gasteiger partial charge on any atom is 0.332 e. The van der Waals surface area contributed by atoms with Crippen molar-refractivity contribution in [2.75, 3.05) is 0 Å². The fourth-order valence-corrected chi connectivity index (χ4v) is 3.08. The zero-order chi connectivity index (χ0) is 17.7. The molecular formula is C20H39O2P. The lowest BCUT2D eigenvalue weighted by molar-refractivity contribution is -0.127. The summed E-state index contributed by atoms with van der Waals surface area (Å²) in [5, 5.41) is 0. The van der Waals surface area contributed by atoms with E-state index in [1.165, 1.54) is 44.9 Å². The highest BCUT2D eigenvalue weighted by atomic mass is 31.0. The molecule has 0 spiro atoms. The first-order valence-electron chi connectivity index (χ1n) is 9.43. The summed E-state index contributed by atoms with van der Waals surface area (Å²) < 4.78 is 4.57. The lowest BCUT2D eigenvalue weighted by Crippen LogP contribution is -2.00. The number of hydrogen-bond donors (Lipinski definition) is 0. The first kappa shape index (κ1) is 22.6. The van der Waals surface area contributed by atoms with Crippen molar-refractivity contribution in [2.45, 2.75) is 92.4 Å². The summed E-state index contributed by atoms with van der Waals surface area (Å²) in [5.74, 6) is 2.24. The number of carbonyl (C=O) groups excluding carboxylic acids is 1. The molecule has 3 heteroatoms. The van der Waals surface area contributed by atoms with Crippen LogP contribution in [0.5, 0.6) is 0 Å². The summed E-state index contributed by atoms with van der Waals surface area (Å²) in [4.78, 5) is 11.1. The average molecular weight is 343 g/mol. The number of hydrogen-bond acceptors (Lipinski definition) is 2. The van der Waals surface area contributed by atoms with Gasteiger partial charge in [-0.1, -0.05) is 78.2 Å². The maximum absolute atomic E-state index is 11.1. The van der Waals surface area contributed by atoms with Crippen LogP contribution in [0.3, 0.4) is 0 Å². The van der Waals surface area contributed by atoms with Gasteiger partial charge in [0.15, 0.2) is 0 Å². The van der Waals surface area contributed by atoms with Gasteiger partial charge in [0.1, 0.15) is 0 Å². The van der Waals surface area contributed by atoms with E-state index in [1.54, 1.807) is 6.08 Å². The van der Waals surface area contributed by atoms with Crippen LogP contribution >= 0.6 is 9.47 Å². The molecule has 1 unspecified atom stereocenters. The van der Waals surface area contributed by atoms with Gasteiger partial charge in [0.05, 0.1) is 9.47 Å². The second kappa shape index (κ2) is 14.0. The summed E-state index contributed by atoms with van der Waals surface area (Å²) in [7, 11) is 2.00. The van der Waals surface area contributed by atoms with E-state index in [-0.39, 0.29) is 5.97 Å². The Kier molecular flexibility index (Phi) is 13.8. The van der Waals surface area contributed by atoms with Crippen LogP contribution in [0, 0.1) is 17.8 Å². The van der Waals surface area contributed by atoms with Crippen LogP contribution < -0.4 is 0 Å². The molecule has 3 atom stereocenters. The molecule has 136 valence electrons. The molecule has 0 bridgehead atoms. The molecule has 0 fully saturated rings. The van der Waals surface area contributed by atoms with E-state index < -0.39 is 0 Å². The van der Waals surface area contributed by atoms with Gasteiger partial charge in [0, 0.05) is 6.08 Å². The Labute approximate surface area is 147 Å². The normalized spacial score (nSPS) is 14.8. The number of allylic oxidation sites excluding steroid dienone is 1.